The van der Waals surface area contributed by atoms with Crippen molar-refractivity contribution in [1.82, 2.24) is 20.1 Å². The van der Waals surface area contributed by atoms with E-state index in [2.05, 4.69) is 15.5 Å². The van der Waals surface area contributed by atoms with Crippen molar-refractivity contribution < 1.29 is 9.21 Å². The molecule has 1 atom stereocenters. The van der Waals surface area contributed by atoms with Crippen LogP contribution in [0, 0.1) is 0 Å². The Morgan fingerprint density at radius 3 is 2.85 bits per heavy atom. The Balaban J connectivity index is 1.55. The smallest absolute Gasteiger partial charge is 0.230 e. The number of aromatic nitrogens is 3. The van der Waals surface area contributed by atoms with Gasteiger partial charge < -0.3 is 14.3 Å². The number of rotatable bonds is 8. The molecule has 6 nitrogen and oxygen atoms in total. The maximum absolute atomic E-state index is 12.3. The summed E-state index contributed by atoms with van der Waals surface area (Å²) in [6, 6.07) is 11.2. The second-order valence-corrected chi connectivity index (χ2v) is 7.07. The van der Waals surface area contributed by atoms with Crippen molar-refractivity contribution in [1.29, 1.82) is 0 Å². The monoisotopic (exact) mass is 390 g/mol. The minimum atomic E-state index is -0.0515. The van der Waals surface area contributed by atoms with Gasteiger partial charge in [-0.1, -0.05) is 42.4 Å². The van der Waals surface area contributed by atoms with Crippen LogP contribution in [-0.2, 0) is 11.3 Å². The van der Waals surface area contributed by atoms with E-state index >= 15 is 0 Å². The molecule has 0 aliphatic heterocycles. The first kappa shape index (κ1) is 18.5. The maximum atomic E-state index is 12.3. The summed E-state index contributed by atoms with van der Waals surface area (Å²) in [6.07, 6.45) is 4.06. The summed E-state index contributed by atoms with van der Waals surface area (Å²) in [7, 11) is 0. The van der Waals surface area contributed by atoms with E-state index in [1.165, 1.54) is 11.8 Å². The average molecular weight is 391 g/mol. The first-order valence-electron chi connectivity index (χ1n) is 8.23. The van der Waals surface area contributed by atoms with Gasteiger partial charge in [-0.3, -0.25) is 4.79 Å². The number of halogens is 1. The number of furan rings is 1. The molecular weight excluding hydrogens is 372 g/mol. The topological polar surface area (TPSA) is 73.0 Å². The number of nitrogens with one attached hydrogen (secondary N) is 1. The van der Waals surface area contributed by atoms with Gasteiger partial charge in [0.05, 0.1) is 24.6 Å². The molecule has 0 fully saturated rings. The van der Waals surface area contributed by atoms with Crippen molar-refractivity contribution in [3.8, 4) is 0 Å². The van der Waals surface area contributed by atoms with E-state index in [0.29, 0.717) is 16.7 Å². The van der Waals surface area contributed by atoms with E-state index in [-0.39, 0.29) is 17.7 Å². The highest BCUT2D eigenvalue weighted by Gasteiger charge is 2.15. The number of hydrogen-bond donors (Lipinski definition) is 1. The summed E-state index contributed by atoms with van der Waals surface area (Å²) in [6.45, 7) is 2.57. The molecule has 0 bridgehead atoms. The van der Waals surface area contributed by atoms with E-state index in [9.17, 15) is 4.79 Å². The fraction of sp³-hybridized carbons (Fsp3) is 0.278. The highest BCUT2D eigenvalue weighted by atomic mass is 35.5. The van der Waals surface area contributed by atoms with Crippen LogP contribution in [0.4, 0.5) is 0 Å². The highest BCUT2D eigenvalue weighted by molar-refractivity contribution is 7.99. The summed E-state index contributed by atoms with van der Waals surface area (Å²) >= 11 is 7.27. The Hall–Kier alpha value is -2.25. The minimum Gasteiger partial charge on any atom is -0.467 e. The van der Waals surface area contributed by atoms with Crippen molar-refractivity contribution in [2.75, 3.05) is 5.75 Å². The fourth-order valence-electron chi connectivity index (χ4n) is 2.52. The Morgan fingerprint density at radius 1 is 1.35 bits per heavy atom. The molecule has 0 spiro atoms. The Kier molecular flexibility index (Phi) is 6.35. The largest absolute Gasteiger partial charge is 0.467 e. The molecule has 3 aromatic rings. The van der Waals surface area contributed by atoms with Gasteiger partial charge in [0.25, 0.3) is 0 Å². The lowest BCUT2D eigenvalue weighted by Crippen LogP contribution is -2.29. The van der Waals surface area contributed by atoms with Gasteiger partial charge >= 0.3 is 0 Å². The molecule has 0 radical (unpaired) electrons. The first-order valence-corrected chi connectivity index (χ1v) is 9.60. The molecule has 3 rings (SSSR count). The lowest BCUT2D eigenvalue weighted by Gasteiger charge is -2.17. The normalized spacial score (nSPS) is 12.1. The summed E-state index contributed by atoms with van der Waals surface area (Å²) in [5.74, 6) is 1.02. The molecule has 8 heteroatoms. The molecule has 2 heterocycles. The SMILES string of the molecule is CCC(NC(=O)CSc1nncn1Cc1ccco1)c1ccc(Cl)cc1. The van der Waals surface area contributed by atoms with Crippen LogP contribution >= 0.6 is 23.4 Å². The number of benzene rings is 1. The van der Waals surface area contributed by atoms with Gasteiger partial charge in [-0.15, -0.1) is 10.2 Å². The number of amides is 1. The third kappa shape index (κ3) is 4.89. The number of hydrogen-bond acceptors (Lipinski definition) is 5. The van der Waals surface area contributed by atoms with E-state index < -0.39 is 0 Å². The van der Waals surface area contributed by atoms with Crippen LogP contribution in [0.15, 0.2) is 58.6 Å². The molecular formula is C18H19ClN4O2S. The van der Waals surface area contributed by atoms with Gasteiger partial charge in [0.2, 0.25) is 5.91 Å². The number of carbonyl (C=O) groups is 1. The summed E-state index contributed by atoms with van der Waals surface area (Å²) in [4.78, 5) is 12.3. The maximum Gasteiger partial charge on any atom is 0.230 e. The van der Waals surface area contributed by atoms with Crippen molar-refractivity contribution >= 4 is 29.3 Å². The Bertz CT molecular complexity index is 833. The molecule has 26 heavy (non-hydrogen) atoms. The molecule has 136 valence electrons. The van der Waals surface area contributed by atoms with Crippen LogP contribution in [0.1, 0.15) is 30.7 Å². The number of carbonyl (C=O) groups excluding carboxylic acids is 1. The number of nitrogens with zero attached hydrogens (tertiary/aromatic N) is 3. The second kappa shape index (κ2) is 8.91. The molecule has 1 N–H and O–H groups in total. The zero-order valence-electron chi connectivity index (χ0n) is 14.3. The van der Waals surface area contributed by atoms with Gasteiger partial charge in [0.15, 0.2) is 5.16 Å². The minimum absolute atomic E-state index is 0.0404. The fourth-order valence-corrected chi connectivity index (χ4v) is 3.37. The Labute approximate surface area is 160 Å². The third-order valence-electron chi connectivity index (χ3n) is 3.83. The van der Waals surface area contributed by atoms with Crippen LogP contribution in [-0.4, -0.2) is 26.4 Å². The standard InChI is InChI=1S/C18H19ClN4O2S/c1-2-16(13-5-7-14(19)8-6-13)21-17(24)11-26-18-22-20-12-23(18)10-15-4-3-9-25-15/h3-9,12,16H,2,10-11H2,1H3,(H,21,24). The van der Waals surface area contributed by atoms with E-state index in [1.807, 2.05) is 47.9 Å². The van der Waals surface area contributed by atoms with Gasteiger partial charge in [-0.05, 0) is 36.2 Å². The van der Waals surface area contributed by atoms with E-state index in [0.717, 1.165) is 17.7 Å². The molecule has 0 saturated heterocycles. The average Bonchev–Trinajstić information content (AvgIpc) is 3.31. The van der Waals surface area contributed by atoms with Gasteiger partial charge in [0, 0.05) is 5.02 Å². The third-order valence-corrected chi connectivity index (χ3v) is 5.07. The van der Waals surface area contributed by atoms with Crippen molar-refractivity contribution in [2.45, 2.75) is 31.1 Å². The predicted molar refractivity (Wildman–Crippen MR) is 101 cm³/mol. The lowest BCUT2D eigenvalue weighted by molar-refractivity contribution is -0.119. The zero-order valence-corrected chi connectivity index (χ0v) is 15.8. The summed E-state index contributed by atoms with van der Waals surface area (Å²) in [5, 5.41) is 12.4. The highest BCUT2D eigenvalue weighted by Crippen LogP contribution is 2.20. The van der Waals surface area contributed by atoms with Crippen molar-refractivity contribution in [3.63, 3.8) is 0 Å². The van der Waals surface area contributed by atoms with Crippen LogP contribution in [0.3, 0.4) is 0 Å². The first-order chi connectivity index (χ1) is 12.7. The van der Waals surface area contributed by atoms with E-state index in [4.69, 9.17) is 16.0 Å². The summed E-state index contributed by atoms with van der Waals surface area (Å²) in [5.41, 5.74) is 1.04. The quantitative estimate of drug-likeness (QED) is 0.590. The van der Waals surface area contributed by atoms with Gasteiger partial charge in [-0.2, -0.15) is 0 Å². The van der Waals surface area contributed by atoms with Crippen molar-refractivity contribution in [2.24, 2.45) is 0 Å². The molecule has 1 amide bonds. The summed E-state index contributed by atoms with van der Waals surface area (Å²) < 4.78 is 7.19. The Morgan fingerprint density at radius 2 is 2.15 bits per heavy atom. The van der Waals surface area contributed by atoms with Crippen LogP contribution in [0.25, 0.3) is 0 Å². The van der Waals surface area contributed by atoms with E-state index in [1.54, 1.807) is 12.6 Å². The number of thioether (sulfide) groups is 1. The molecule has 1 unspecified atom stereocenters. The van der Waals surface area contributed by atoms with Crippen LogP contribution in [0.5, 0.6) is 0 Å². The second-order valence-electron chi connectivity index (χ2n) is 5.69. The van der Waals surface area contributed by atoms with Crippen LogP contribution in [0.2, 0.25) is 5.02 Å². The lowest BCUT2D eigenvalue weighted by atomic mass is 10.0. The molecule has 0 saturated carbocycles. The zero-order chi connectivity index (χ0) is 18.4. The molecule has 0 aliphatic rings. The molecule has 1 aromatic carbocycles. The van der Waals surface area contributed by atoms with Crippen LogP contribution < -0.4 is 5.32 Å². The van der Waals surface area contributed by atoms with Gasteiger partial charge in [0.1, 0.15) is 12.1 Å². The predicted octanol–water partition coefficient (Wildman–Crippen LogP) is 3.93. The molecule has 0 aliphatic carbocycles. The molecule has 2 aromatic heterocycles. The van der Waals surface area contributed by atoms with Crippen molar-refractivity contribution in [3.05, 3.63) is 65.3 Å². The van der Waals surface area contributed by atoms with Gasteiger partial charge in [-0.25, -0.2) is 0 Å².